The molecule has 1 N–H and O–H groups in total. The van der Waals surface area contributed by atoms with Crippen LogP contribution < -0.4 is 5.32 Å². The van der Waals surface area contributed by atoms with Crippen molar-refractivity contribution in [3.05, 3.63) is 77.5 Å². The molecule has 0 aliphatic rings. The van der Waals surface area contributed by atoms with E-state index in [4.69, 9.17) is 4.74 Å². The number of hydrogen-bond acceptors (Lipinski definition) is 5. The van der Waals surface area contributed by atoms with Crippen LogP contribution in [0.15, 0.2) is 60.8 Å². The molecule has 0 saturated heterocycles. The number of nitrogens with zero attached hydrogens (tertiary/aromatic N) is 2. The maximum Gasteiger partial charge on any atom is 0.328 e. The van der Waals surface area contributed by atoms with Gasteiger partial charge in [0.05, 0.1) is 29.8 Å². The van der Waals surface area contributed by atoms with E-state index in [1.165, 1.54) is 13.3 Å². The summed E-state index contributed by atoms with van der Waals surface area (Å²) in [6.07, 6.45) is 1.62. The molecule has 134 valence electrons. The largest absolute Gasteiger partial charge is 0.467 e. The summed E-state index contributed by atoms with van der Waals surface area (Å²) >= 11 is 0. The molecule has 3 rings (SSSR count). The summed E-state index contributed by atoms with van der Waals surface area (Å²) < 4.78 is 4.81. The summed E-state index contributed by atoms with van der Waals surface area (Å²) in [7, 11) is 1.26. The zero-order chi connectivity index (χ0) is 19.2. The number of rotatable bonds is 5. The van der Waals surface area contributed by atoms with E-state index in [9.17, 15) is 14.9 Å². The lowest BCUT2D eigenvalue weighted by Gasteiger charge is -2.17. The van der Waals surface area contributed by atoms with Gasteiger partial charge in [0.1, 0.15) is 6.04 Å². The minimum Gasteiger partial charge on any atom is -0.467 e. The summed E-state index contributed by atoms with van der Waals surface area (Å²) in [6.45, 7) is 0. The number of carbonyl (C=O) groups is 2. The molecular weight excluding hydrogens is 342 g/mol. The third kappa shape index (κ3) is 4.10. The molecule has 0 spiro atoms. The molecule has 1 aromatic heterocycles. The van der Waals surface area contributed by atoms with Crippen molar-refractivity contribution in [1.82, 2.24) is 10.3 Å². The standard InChI is InChI=1S/C21H17N3O3/c1-27-21(26)19(11-14-6-2-3-8-16(14)12-22)24-20(25)17-10-15-7-4-5-9-18(15)23-13-17/h2-10,13,19H,11H2,1H3,(H,24,25)/t19-/m1/s1. The fourth-order valence-electron chi connectivity index (χ4n) is 2.80. The number of benzene rings is 2. The van der Waals surface area contributed by atoms with Crippen LogP contribution in [0, 0.1) is 11.3 Å². The zero-order valence-corrected chi connectivity index (χ0v) is 14.7. The van der Waals surface area contributed by atoms with Crippen LogP contribution in [0.3, 0.4) is 0 Å². The number of nitrogens with one attached hydrogen (secondary N) is 1. The van der Waals surface area contributed by atoms with Crippen molar-refractivity contribution in [2.24, 2.45) is 0 Å². The minimum absolute atomic E-state index is 0.156. The van der Waals surface area contributed by atoms with Crippen LogP contribution in [0.4, 0.5) is 0 Å². The summed E-state index contributed by atoms with van der Waals surface area (Å²) in [5.74, 6) is -1.01. The molecule has 0 radical (unpaired) electrons. The van der Waals surface area contributed by atoms with Crippen LogP contribution in [0.25, 0.3) is 10.9 Å². The van der Waals surface area contributed by atoms with E-state index in [1.54, 1.807) is 30.3 Å². The van der Waals surface area contributed by atoms with Crippen molar-refractivity contribution in [3.8, 4) is 6.07 Å². The van der Waals surface area contributed by atoms with Gasteiger partial charge >= 0.3 is 5.97 Å². The number of hydrogen-bond donors (Lipinski definition) is 1. The number of methoxy groups -OCH3 is 1. The first-order valence-electron chi connectivity index (χ1n) is 8.34. The van der Waals surface area contributed by atoms with E-state index >= 15 is 0 Å². The SMILES string of the molecule is COC(=O)[C@@H](Cc1ccccc1C#N)NC(=O)c1cnc2ccccc2c1. The number of pyridine rings is 1. The fourth-order valence-corrected chi connectivity index (χ4v) is 2.80. The average Bonchev–Trinajstić information content (AvgIpc) is 2.72. The Balaban J connectivity index is 1.84. The Morgan fingerprint density at radius 1 is 1.19 bits per heavy atom. The van der Waals surface area contributed by atoms with Gasteiger partial charge < -0.3 is 10.1 Å². The Labute approximate surface area is 156 Å². The highest BCUT2D eigenvalue weighted by molar-refractivity contribution is 5.99. The van der Waals surface area contributed by atoms with Gasteiger partial charge in [0.25, 0.3) is 5.91 Å². The lowest BCUT2D eigenvalue weighted by molar-refractivity contribution is -0.142. The highest BCUT2D eigenvalue weighted by atomic mass is 16.5. The molecule has 27 heavy (non-hydrogen) atoms. The maximum absolute atomic E-state index is 12.6. The highest BCUT2D eigenvalue weighted by Crippen LogP contribution is 2.14. The second-order valence-electron chi connectivity index (χ2n) is 5.94. The van der Waals surface area contributed by atoms with Crippen LogP contribution in [-0.4, -0.2) is 30.0 Å². The maximum atomic E-state index is 12.6. The summed E-state index contributed by atoms with van der Waals surface area (Å²) in [4.78, 5) is 29.1. The van der Waals surface area contributed by atoms with Crippen LogP contribution in [-0.2, 0) is 16.0 Å². The fraction of sp³-hybridized carbons (Fsp3) is 0.143. The smallest absolute Gasteiger partial charge is 0.328 e. The van der Waals surface area contributed by atoms with Crippen LogP contribution in [0.1, 0.15) is 21.5 Å². The minimum atomic E-state index is -0.913. The van der Waals surface area contributed by atoms with E-state index < -0.39 is 17.9 Å². The van der Waals surface area contributed by atoms with Gasteiger partial charge in [-0.15, -0.1) is 0 Å². The third-order valence-electron chi connectivity index (χ3n) is 4.21. The Bertz CT molecular complexity index is 1040. The molecule has 3 aromatic rings. The van der Waals surface area contributed by atoms with Gasteiger partial charge in [-0.1, -0.05) is 36.4 Å². The molecule has 6 nitrogen and oxygen atoms in total. The van der Waals surface area contributed by atoms with Gasteiger partial charge in [0.15, 0.2) is 0 Å². The number of fused-ring (bicyclic) bond motifs is 1. The molecule has 1 atom stereocenters. The lowest BCUT2D eigenvalue weighted by Crippen LogP contribution is -2.43. The summed E-state index contributed by atoms with van der Waals surface area (Å²) in [5.41, 5.74) is 2.23. The van der Waals surface area contributed by atoms with E-state index in [-0.39, 0.29) is 6.42 Å². The number of para-hydroxylation sites is 1. The van der Waals surface area contributed by atoms with Crippen molar-refractivity contribution in [1.29, 1.82) is 5.26 Å². The van der Waals surface area contributed by atoms with E-state index in [2.05, 4.69) is 16.4 Å². The number of carbonyl (C=O) groups excluding carboxylic acids is 2. The van der Waals surface area contributed by atoms with E-state index in [0.717, 1.165) is 10.9 Å². The Hall–Kier alpha value is -3.72. The van der Waals surface area contributed by atoms with Gasteiger partial charge in [-0.3, -0.25) is 9.78 Å². The molecule has 0 aliphatic carbocycles. The molecular formula is C21H17N3O3. The van der Waals surface area contributed by atoms with Crippen LogP contribution in [0.2, 0.25) is 0 Å². The van der Waals surface area contributed by atoms with Gasteiger partial charge in [0, 0.05) is 18.0 Å². The predicted molar refractivity (Wildman–Crippen MR) is 99.9 cm³/mol. The second-order valence-corrected chi connectivity index (χ2v) is 5.94. The monoisotopic (exact) mass is 359 g/mol. The molecule has 0 aliphatic heterocycles. The molecule has 0 bridgehead atoms. The number of ether oxygens (including phenoxy) is 1. The summed E-state index contributed by atoms with van der Waals surface area (Å²) in [6, 6.07) is 17.3. The molecule has 6 heteroatoms. The molecule has 1 heterocycles. The van der Waals surface area contributed by atoms with E-state index in [1.807, 2.05) is 24.3 Å². The molecule has 0 fully saturated rings. The van der Waals surface area contributed by atoms with Crippen LogP contribution >= 0.6 is 0 Å². The van der Waals surface area contributed by atoms with Crippen molar-refractivity contribution < 1.29 is 14.3 Å². The average molecular weight is 359 g/mol. The molecule has 0 saturated carbocycles. The van der Waals surface area contributed by atoms with Gasteiger partial charge in [0.2, 0.25) is 0 Å². The number of aromatic nitrogens is 1. The zero-order valence-electron chi connectivity index (χ0n) is 14.7. The Morgan fingerprint density at radius 2 is 1.93 bits per heavy atom. The van der Waals surface area contributed by atoms with Crippen molar-refractivity contribution >= 4 is 22.8 Å². The topological polar surface area (TPSA) is 92.1 Å². The second kappa shape index (κ2) is 8.11. The van der Waals surface area contributed by atoms with Crippen molar-refractivity contribution in [3.63, 3.8) is 0 Å². The number of amides is 1. The first-order chi connectivity index (χ1) is 13.1. The lowest BCUT2D eigenvalue weighted by atomic mass is 10.0. The van der Waals surface area contributed by atoms with Gasteiger partial charge in [-0.2, -0.15) is 5.26 Å². The normalized spacial score (nSPS) is 11.4. The Morgan fingerprint density at radius 3 is 2.70 bits per heavy atom. The first kappa shape index (κ1) is 18.1. The van der Waals surface area contributed by atoms with Gasteiger partial charge in [-0.05, 0) is 23.8 Å². The van der Waals surface area contributed by atoms with E-state index in [0.29, 0.717) is 16.7 Å². The Kier molecular flexibility index (Phi) is 5.43. The highest BCUT2D eigenvalue weighted by Gasteiger charge is 2.24. The summed E-state index contributed by atoms with van der Waals surface area (Å²) in [5, 5.41) is 12.7. The molecule has 0 unspecified atom stereocenters. The quantitative estimate of drug-likeness (QED) is 0.707. The first-order valence-corrected chi connectivity index (χ1v) is 8.34. The number of esters is 1. The molecule has 2 aromatic carbocycles. The van der Waals surface area contributed by atoms with Crippen molar-refractivity contribution in [2.75, 3.05) is 7.11 Å². The van der Waals surface area contributed by atoms with Gasteiger partial charge in [-0.25, -0.2) is 4.79 Å². The van der Waals surface area contributed by atoms with Crippen molar-refractivity contribution in [2.45, 2.75) is 12.5 Å². The van der Waals surface area contributed by atoms with Crippen LogP contribution in [0.5, 0.6) is 0 Å². The predicted octanol–water partition coefficient (Wildman–Crippen LogP) is 2.62. The third-order valence-corrected chi connectivity index (χ3v) is 4.21. The molecule has 1 amide bonds. The number of nitriles is 1.